The number of hydrogen-bond donors (Lipinski definition) is 2. The Morgan fingerprint density at radius 3 is 3.05 bits per heavy atom. The first-order chi connectivity index (χ1) is 10.3. The molecule has 6 heteroatoms. The van der Waals surface area contributed by atoms with E-state index < -0.39 is 0 Å². The van der Waals surface area contributed by atoms with Crippen molar-refractivity contribution in [3.05, 3.63) is 30.1 Å². The molecule has 3 N–H and O–H groups in total. The number of ether oxygens (including phenoxy) is 1. The van der Waals surface area contributed by atoms with Crippen LogP contribution in [0.2, 0.25) is 0 Å². The molecule has 0 aliphatic carbocycles. The van der Waals surface area contributed by atoms with Gasteiger partial charge in [-0.3, -0.25) is 4.79 Å². The van der Waals surface area contributed by atoms with Crippen molar-refractivity contribution in [1.82, 2.24) is 14.9 Å². The Morgan fingerprint density at radius 1 is 1.48 bits per heavy atom. The van der Waals surface area contributed by atoms with Crippen LogP contribution >= 0.6 is 0 Å². The molecular formula is C15H20N4O2. The zero-order valence-electron chi connectivity index (χ0n) is 11.9. The third-order valence-electron chi connectivity index (χ3n) is 3.84. The first-order valence-electron chi connectivity index (χ1n) is 7.28. The highest BCUT2D eigenvalue weighted by Gasteiger charge is 2.17. The van der Waals surface area contributed by atoms with Crippen molar-refractivity contribution in [2.75, 3.05) is 13.2 Å². The molecule has 0 atom stereocenters. The normalized spacial score (nSPS) is 16.2. The van der Waals surface area contributed by atoms with Gasteiger partial charge in [-0.15, -0.1) is 0 Å². The number of nitrogens with two attached hydrogens (primary N) is 1. The molecule has 0 unspecified atom stereocenters. The summed E-state index contributed by atoms with van der Waals surface area (Å²) >= 11 is 0. The van der Waals surface area contributed by atoms with Crippen molar-refractivity contribution < 1.29 is 9.53 Å². The van der Waals surface area contributed by atoms with Crippen LogP contribution in [0.5, 0.6) is 0 Å². The standard InChI is InChI=1S/C15H20N4O2/c16-8-11-9-19(15-13(11)2-1-5-17-15)10-14(20)18-12-3-6-21-7-4-12/h1-2,5,9,12H,3-4,6-8,10,16H2,(H,18,20). The lowest BCUT2D eigenvalue weighted by Crippen LogP contribution is -2.40. The van der Waals surface area contributed by atoms with Crippen LogP contribution in [0.25, 0.3) is 11.0 Å². The van der Waals surface area contributed by atoms with Crippen LogP contribution < -0.4 is 11.1 Å². The van der Waals surface area contributed by atoms with Gasteiger partial charge >= 0.3 is 0 Å². The second-order valence-corrected chi connectivity index (χ2v) is 5.32. The molecule has 21 heavy (non-hydrogen) atoms. The van der Waals surface area contributed by atoms with Gasteiger partial charge in [-0.2, -0.15) is 0 Å². The van der Waals surface area contributed by atoms with Crippen LogP contribution in [0.3, 0.4) is 0 Å². The second kappa shape index (κ2) is 6.24. The summed E-state index contributed by atoms with van der Waals surface area (Å²) < 4.78 is 7.16. The van der Waals surface area contributed by atoms with Crippen molar-refractivity contribution in [3.8, 4) is 0 Å². The summed E-state index contributed by atoms with van der Waals surface area (Å²) in [6.07, 6.45) is 5.41. The minimum atomic E-state index is 0.00743. The second-order valence-electron chi connectivity index (χ2n) is 5.32. The predicted molar refractivity (Wildman–Crippen MR) is 79.6 cm³/mol. The largest absolute Gasteiger partial charge is 0.381 e. The molecule has 0 radical (unpaired) electrons. The molecule has 2 aromatic rings. The summed E-state index contributed by atoms with van der Waals surface area (Å²) in [6.45, 7) is 2.15. The minimum Gasteiger partial charge on any atom is -0.381 e. The molecule has 1 aliphatic rings. The summed E-state index contributed by atoms with van der Waals surface area (Å²) in [5.74, 6) is 0.00743. The summed E-state index contributed by atoms with van der Waals surface area (Å²) in [5, 5.41) is 4.07. The lowest BCUT2D eigenvalue weighted by Gasteiger charge is -2.23. The number of nitrogens with zero attached hydrogens (tertiary/aromatic N) is 2. The molecule has 0 saturated carbocycles. The Labute approximate surface area is 123 Å². The van der Waals surface area contributed by atoms with Gasteiger partial charge in [-0.1, -0.05) is 0 Å². The lowest BCUT2D eigenvalue weighted by molar-refractivity contribution is -0.122. The van der Waals surface area contributed by atoms with E-state index in [-0.39, 0.29) is 18.5 Å². The average Bonchev–Trinajstić information content (AvgIpc) is 2.86. The van der Waals surface area contributed by atoms with E-state index in [0.717, 1.165) is 42.7 Å². The Bertz CT molecular complexity index is 632. The van der Waals surface area contributed by atoms with Gasteiger partial charge in [0.1, 0.15) is 12.2 Å². The molecule has 0 spiro atoms. The van der Waals surface area contributed by atoms with Gasteiger partial charge in [0.2, 0.25) is 5.91 Å². The van der Waals surface area contributed by atoms with Gasteiger partial charge in [-0.25, -0.2) is 4.98 Å². The first-order valence-corrected chi connectivity index (χ1v) is 7.28. The number of carbonyl (C=O) groups excluding carboxylic acids is 1. The van der Waals surface area contributed by atoms with Crippen LogP contribution in [0, 0.1) is 0 Å². The van der Waals surface area contributed by atoms with E-state index >= 15 is 0 Å². The maximum atomic E-state index is 12.2. The number of rotatable bonds is 4. The molecular weight excluding hydrogens is 268 g/mol. The van der Waals surface area contributed by atoms with Crippen LogP contribution in [0.15, 0.2) is 24.5 Å². The maximum Gasteiger partial charge on any atom is 0.240 e. The third kappa shape index (κ3) is 3.06. The van der Waals surface area contributed by atoms with Crippen molar-refractivity contribution >= 4 is 16.9 Å². The van der Waals surface area contributed by atoms with E-state index in [4.69, 9.17) is 10.5 Å². The first kappa shape index (κ1) is 14.0. The van der Waals surface area contributed by atoms with E-state index in [0.29, 0.717) is 6.54 Å². The SMILES string of the molecule is NCc1cn(CC(=O)NC2CCOCC2)c2ncccc12. The summed E-state index contributed by atoms with van der Waals surface area (Å²) in [4.78, 5) is 16.5. The topological polar surface area (TPSA) is 82.2 Å². The summed E-state index contributed by atoms with van der Waals surface area (Å²) in [5.41, 5.74) is 7.57. The number of amides is 1. The number of hydrogen-bond acceptors (Lipinski definition) is 4. The van der Waals surface area contributed by atoms with Gasteiger partial charge in [0.15, 0.2) is 0 Å². The Morgan fingerprint density at radius 2 is 2.29 bits per heavy atom. The van der Waals surface area contributed by atoms with Crippen LogP contribution in [0.4, 0.5) is 0 Å². The van der Waals surface area contributed by atoms with Crippen LogP contribution in [-0.4, -0.2) is 34.7 Å². The quantitative estimate of drug-likeness (QED) is 0.871. The summed E-state index contributed by atoms with van der Waals surface area (Å²) in [6, 6.07) is 4.08. The molecule has 0 bridgehead atoms. The van der Waals surface area contributed by atoms with Crippen molar-refractivity contribution in [2.45, 2.75) is 32.0 Å². The van der Waals surface area contributed by atoms with Crippen molar-refractivity contribution in [3.63, 3.8) is 0 Å². The van der Waals surface area contributed by atoms with E-state index in [1.165, 1.54) is 0 Å². The number of aromatic nitrogens is 2. The van der Waals surface area contributed by atoms with Crippen LogP contribution in [0.1, 0.15) is 18.4 Å². The van der Waals surface area contributed by atoms with Crippen LogP contribution in [-0.2, 0) is 22.6 Å². The molecule has 1 saturated heterocycles. The van der Waals surface area contributed by atoms with E-state index in [1.54, 1.807) is 6.20 Å². The minimum absolute atomic E-state index is 0.00743. The number of nitrogens with one attached hydrogen (secondary N) is 1. The summed E-state index contributed by atoms with van der Waals surface area (Å²) in [7, 11) is 0. The Balaban J connectivity index is 1.73. The molecule has 112 valence electrons. The molecule has 2 aromatic heterocycles. The van der Waals surface area contributed by atoms with Gasteiger partial charge in [0.25, 0.3) is 0 Å². The van der Waals surface area contributed by atoms with E-state index in [9.17, 15) is 4.79 Å². The molecule has 1 amide bonds. The molecule has 0 aromatic carbocycles. The van der Waals surface area contributed by atoms with Crippen molar-refractivity contribution in [2.24, 2.45) is 5.73 Å². The predicted octanol–water partition coefficient (Wildman–Crippen LogP) is 0.790. The molecule has 6 nitrogen and oxygen atoms in total. The average molecular weight is 288 g/mol. The third-order valence-corrected chi connectivity index (χ3v) is 3.84. The van der Waals surface area contributed by atoms with Gasteiger partial charge in [0.05, 0.1) is 0 Å². The highest BCUT2D eigenvalue weighted by molar-refractivity contribution is 5.83. The Hall–Kier alpha value is -1.92. The number of fused-ring (bicyclic) bond motifs is 1. The molecule has 1 fully saturated rings. The smallest absolute Gasteiger partial charge is 0.240 e. The highest BCUT2D eigenvalue weighted by atomic mass is 16.5. The van der Waals surface area contributed by atoms with Gasteiger partial charge in [0, 0.05) is 43.6 Å². The molecule has 1 aliphatic heterocycles. The fraction of sp³-hybridized carbons (Fsp3) is 0.467. The Kier molecular flexibility index (Phi) is 4.17. The van der Waals surface area contributed by atoms with E-state index in [2.05, 4.69) is 10.3 Å². The zero-order chi connectivity index (χ0) is 14.7. The van der Waals surface area contributed by atoms with E-state index in [1.807, 2.05) is 22.9 Å². The van der Waals surface area contributed by atoms with Crippen molar-refractivity contribution in [1.29, 1.82) is 0 Å². The molecule has 3 heterocycles. The van der Waals surface area contributed by atoms with Gasteiger partial charge in [-0.05, 0) is 30.5 Å². The highest BCUT2D eigenvalue weighted by Crippen LogP contribution is 2.18. The number of carbonyl (C=O) groups is 1. The lowest BCUT2D eigenvalue weighted by atomic mass is 10.1. The maximum absolute atomic E-state index is 12.2. The number of pyridine rings is 1. The fourth-order valence-electron chi connectivity index (χ4n) is 2.75. The molecule has 3 rings (SSSR count). The monoisotopic (exact) mass is 288 g/mol. The van der Waals surface area contributed by atoms with Gasteiger partial charge < -0.3 is 20.4 Å². The fourth-order valence-corrected chi connectivity index (χ4v) is 2.75. The zero-order valence-corrected chi connectivity index (χ0v) is 11.9.